The average Bonchev–Trinajstić information content (AvgIpc) is 1.64. The monoisotopic (exact) mass is 186 g/mol. The number of nitrogens with zero attached hydrogens (tertiary/aromatic N) is 2. The molecule has 0 saturated carbocycles. The zero-order valence-electron chi connectivity index (χ0n) is 6.56. The quantitative estimate of drug-likeness (QED) is 0.178. The Labute approximate surface area is 72.7 Å². The van der Waals surface area contributed by atoms with Gasteiger partial charge in [0.25, 0.3) is 0 Å². The first-order valence-electron chi connectivity index (χ1n) is 2.57. The molecule has 0 aromatic carbocycles. The summed E-state index contributed by atoms with van der Waals surface area (Å²) < 4.78 is 8.08. The third-order valence-corrected chi connectivity index (χ3v) is 0.973. The molecule has 0 bridgehead atoms. The van der Waals surface area contributed by atoms with Crippen LogP contribution in [0.4, 0.5) is 0 Å². The summed E-state index contributed by atoms with van der Waals surface area (Å²) in [5, 5.41) is 0. The van der Waals surface area contributed by atoms with Crippen LogP contribution in [0.25, 0.3) is 0 Å². The molecule has 0 spiro atoms. The Morgan fingerprint density at radius 3 is 1.90 bits per heavy atom. The minimum absolute atomic E-state index is 0. The van der Waals surface area contributed by atoms with Gasteiger partial charge in [-0.05, 0) is 0 Å². The molecule has 0 aliphatic carbocycles. The fraction of sp³-hybridized carbons (Fsp3) is 0.800. The van der Waals surface area contributed by atoms with Gasteiger partial charge in [0.1, 0.15) is 11.8 Å². The maximum absolute atomic E-state index is 5.57. The van der Waals surface area contributed by atoms with E-state index >= 15 is 0 Å². The summed E-state index contributed by atoms with van der Waals surface area (Å²) in [5.41, 5.74) is 0. The van der Waals surface area contributed by atoms with Gasteiger partial charge < -0.3 is 17.1 Å². The van der Waals surface area contributed by atoms with Crippen molar-refractivity contribution in [3.8, 4) is 0 Å². The average molecular weight is 187 g/mol. The first kappa shape index (κ1) is 12.5. The molecule has 0 aliphatic heterocycles. The van der Waals surface area contributed by atoms with Crippen molar-refractivity contribution in [2.45, 2.75) is 0 Å². The van der Waals surface area contributed by atoms with Gasteiger partial charge in [-0.3, -0.25) is 0 Å². The van der Waals surface area contributed by atoms with Crippen molar-refractivity contribution < 1.29 is 21.7 Å². The highest BCUT2D eigenvalue weighted by atomic mass is 35.5. The van der Waals surface area contributed by atoms with Crippen LogP contribution < -0.4 is 12.4 Å². The molecule has 0 N–H and O–H groups in total. The van der Waals surface area contributed by atoms with Crippen LogP contribution in [-0.2, 0) is 4.74 Å². The molecule has 0 atom stereocenters. The maximum atomic E-state index is 5.57. The number of methoxy groups -OCH3 is 1. The lowest BCUT2D eigenvalue weighted by atomic mass is 10.9. The van der Waals surface area contributed by atoms with Crippen LogP contribution >= 0.6 is 11.8 Å². The topological polar surface area (TPSA) is 15.5 Å². The van der Waals surface area contributed by atoms with Gasteiger partial charge in [0.05, 0.1) is 28.3 Å². The van der Waals surface area contributed by atoms with Gasteiger partial charge in [-0.1, -0.05) is 0 Å². The van der Waals surface area contributed by atoms with Gasteiger partial charge in [-0.25, -0.2) is 4.58 Å². The molecule has 0 aromatic rings. The summed E-state index contributed by atoms with van der Waals surface area (Å²) in [4.78, 5) is 0. The Bertz CT molecular complexity index is 121. The second-order valence-electron chi connectivity index (χ2n) is 1.86. The van der Waals surface area contributed by atoms with Gasteiger partial charge in [0.2, 0.25) is 0 Å². The fourth-order valence-electron chi connectivity index (χ4n) is 0.584. The predicted molar refractivity (Wildman–Crippen MR) is 37.7 cm³/mol. The SMILES string of the molecule is COC(N(C)Cl)=[N+](C)C.[Cl-]. The van der Waals surface area contributed by atoms with E-state index in [1.165, 1.54) is 4.42 Å². The highest BCUT2D eigenvalue weighted by Gasteiger charge is 2.12. The number of hydrogen-bond acceptors (Lipinski definition) is 1. The van der Waals surface area contributed by atoms with Gasteiger partial charge in [0, 0.05) is 0 Å². The minimum atomic E-state index is 0. The van der Waals surface area contributed by atoms with E-state index < -0.39 is 0 Å². The smallest absolute Gasteiger partial charge is 0.463 e. The Hall–Kier alpha value is -0.150. The highest BCUT2D eigenvalue weighted by Crippen LogP contribution is 1.90. The van der Waals surface area contributed by atoms with E-state index in [1.807, 2.05) is 14.1 Å². The van der Waals surface area contributed by atoms with Gasteiger partial charge >= 0.3 is 6.02 Å². The molecule has 0 aliphatic rings. The molecule has 0 unspecified atom stereocenters. The molecular formula is C5H12Cl2N2O. The molecule has 0 heterocycles. The fourth-order valence-corrected chi connectivity index (χ4v) is 0.804. The number of hydrogen-bond donors (Lipinski definition) is 0. The third kappa shape index (κ3) is 3.80. The molecule has 0 rings (SSSR count). The lowest BCUT2D eigenvalue weighted by Gasteiger charge is -2.03. The lowest BCUT2D eigenvalue weighted by molar-refractivity contribution is -0.479. The van der Waals surface area contributed by atoms with E-state index in [1.54, 1.807) is 18.7 Å². The summed E-state index contributed by atoms with van der Waals surface area (Å²) in [6, 6.07) is 0.622. The second-order valence-corrected chi connectivity index (χ2v) is 2.37. The second kappa shape index (κ2) is 5.62. The number of rotatable bonds is 0. The first-order chi connectivity index (χ1) is 4.09. The molecule has 0 amide bonds. The van der Waals surface area contributed by atoms with E-state index in [0.29, 0.717) is 6.02 Å². The molecule has 0 radical (unpaired) electrons. The van der Waals surface area contributed by atoms with E-state index in [0.717, 1.165) is 0 Å². The van der Waals surface area contributed by atoms with E-state index in [-0.39, 0.29) is 12.4 Å². The molecule has 0 fully saturated rings. The van der Waals surface area contributed by atoms with Crippen LogP contribution in [-0.4, -0.2) is 43.3 Å². The zero-order chi connectivity index (χ0) is 7.44. The summed E-state index contributed by atoms with van der Waals surface area (Å²) >= 11 is 5.57. The van der Waals surface area contributed by atoms with Crippen LogP contribution in [0.2, 0.25) is 0 Å². The van der Waals surface area contributed by atoms with Crippen molar-refractivity contribution in [1.29, 1.82) is 0 Å². The van der Waals surface area contributed by atoms with Crippen molar-refractivity contribution in [1.82, 2.24) is 4.42 Å². The van der Waals surface area contributed by atoms with Gasteiger partial charge in [0.15, 0.2) is 0 Å². The summed E-state index contributed by atoms with van der Waals surface area (Å²) in [6.45, 7) is 0. The van der Waals surface area contributed by atoms with Crippen molar-refractivity contribution in [2.75, 3.05) is 28.3 Å². The Morgan fingerprint density at radius 1 is 1.50 bits per heavy atom. The molecule has 5 heteroatoms. The molecule has 62 valence electrons. The molecular weight excluding hydrogens is 175 g/mol. The minimum Gasteiger partial charge on any atom is -1.00 e. The summed E-state index contributed by atoms with van der Waals surface area (Å²) in [5.74, 6) is 0. The normalized spacial score (nSPS) is 7.70. The standard InChI is InChI=1S/C5H12ClN2O.ClH/c1-7(2)5(9-4)8(3)6;/h1-4H3;1H/q+1;/p-1. The first-order valence-corrected chi connectivity index (χ1v) is 2.91. The van der Waals surface area contributed by atoms with Crippen LogP contribution in [0, 0.1) is 0 Å². The van der Waals surface area contributed by atoms with Gasteiger partial charge in [-0.15, -0.1) is 4.42 Å². The largest absolute Gasteiger partial charge is 1.00 e. The third-order valence-electron chi connectivity index (χ3n) is 0.829. The lowest BCUT2D eigenvalue weighted by Crippen LogP contribution is -3.00. The van der Waals surface area contributed by atoms with Crippen LogP contribution in [0.5, 0.6) is 0 Å². The summed E-state index contributed by atoms with van der Waals surface area (Å²) in [6.07, 6.45) is 0. The van der Waals surface area contributed by atoms with E-state index in [2.05, 4.69) is 0 Å². The van der Waals surface area contributed by atoms with Crippen molar-refractivity contribution in [3.05, 3.63) is 0 Å². The van der Waals surface area contributed by atoms with Crippen molar-refractivity contribution in [2.24, 2.45) is 0 Å². The maximum Gasteiger partial charge on any atom is 0.463 e. The zero-order valence-corrected chi connectivity index (χ0v) is 8.07. The van der Waals surface area contributed by atoms with E-state index in [4.69, 9.17) is 16.5 Å². The Morgan fingerprint density at radius 2 is 1.90 bits per heavy atom. The molecule has 3 nitrogen and oxygen atoms in total. The predicted octanol–water partition coefficient (Wildman–Crippen LogP) is -2.65. The molecule has 0 aromatic heterocycles. The number of ether oxygens (including phenoxy) is 1. The van der Waals surface area contributed by atoms with Crippen molar-refractivity contribution in [3.63, 3.8) is 0 Å². The van der Waals surface area contributed by atoms with Gasteiger partial charge in [-0.2, -0.15) is 0 Å². The number of amidine groups is 1. The van der Waals surface area contributed by atoms with Crippen LogP contribution in [0.1, 0.15) is 0 Å². The molecule has 0 saturated heterocycles. The Kier molecular flexibility index (Phi) is 7.04. The van der Waals surface area contributed by atoms with Crippen LogP contribution in [0.15, 0.2) is 0 Å². The van der Waals surface area contributed by atoms with E-state index in [9.17, 15) is 0 Å². The highest BCUT2D eigenvalue weighted by molar-refractivity contribution is 6.19. The molecule has 10 heavy (non-hydrogen) atoms. The summed E-state index contributed by atoms with van der Waals surface area (Å²) in [7, 11) is 7.00. The Balaban J connectivity index is 0. The number of halogens is 2. The van der Waals surface area contributed by atoms with Crippen LogP contribution in [0.3, 0.4) is 0 Å². The van der Waals surface area contributed by atoms with Crippen molar-refractivity contribution >= 4 is 17.8 Å².